The summed E-state index contributed by atoms with van der Waals surface area (Å²) in [4.78, 5) is 19.5. The van der Waals surface area contributed by atoms with E-state index in [1.54, 1.807) is 11.3 Å². The molecule has 9 heteroatoms. The number of piperidine rings is 1. The molecule has 0 radical (unpaired) electrons. The maximum Gasteiger partial charge on any atom is 0.416 e. The number of alkyl halides is 3. The average Bonchev–Trinajstić information content (AvgIpc) is 3.17. The van der Waals surface area contributed by atoms with Crippen molar-refractivity contribution in [1.29, 1.82) is 0 Å². The molecule has 2 aromatic carbocycles. The number of hydrogen-bond acceptors (Lipinski definition) is 5. The third-order valence-corrected chi connectivity index (χ3v) is 6.26. The molecule has 4 rings (SSSR count). The first-order valence-corrected chi connectivity index (χ1v) is 10.9. The predicted molar refractivity (Wildman–Crippen MR) is 116 cm³/mol. The Morgan fingerprint density at radius 1 is 1.29 bits per heavy atom. The maximum absolute atomic E-state index is 12.9. The van der Waals surface area contributed by atoms with E-state index >= 15 is 0 Å². The maximum atomic E-state index is 12.9. The van der Waals surface area contributed by atoms with Gasteiger partial charge in [0, 0.05) is 18.8 Å². The smallest absolute Gasteiger partial charge is 0.416 e. The van der Waals surface area contributed by atoms with Crippen molar-refractivity contribution in [3.8, 4) is 5.75 Å². The van der Waals surface area contributed by atoms with Gasteiger partial charge in [0.2, 0.25) is 5.91 Å². The number of benzene rings is 2. The minimum atomic E-state index is -4.45. The molecule has 0 bridgehead atoms. The number of amides is 1. The normalized spacial score (nSPS) is 17.0. The van der Waals surface area contributed by atoms with Gasteiger partial charge >= 0.3 is 6.18 Å². The van der Waals surface area contributed by atoms with E-state index in [-0.39, 0.29) is 17.5 Å². The first-order chi connectivity index (χ1) is 14.8. The minimum Gasteiger partial charge on any atom is -0.494 e. The quantitative estimate of drug-likeness (QED) is 0.553. The zero-order valence-electron chi connectivity index (χ0n) is 16.9. The van der Waals surface area contributed by atoms with Gasteiger partial charge in [-0.25, -0.2) is 4.98 Å². The lowest BCUT2D eigenvalue weighted by atomic mass is 9.97. The van der Waals surface area contributed by atoms with Crippen LogP contribution in [0.4, 0.5) is 24.0 Å². The Bertz CT molecular complexity index is 1080. The summed E-state index contributed by atoms with van der Waals surface area (Å²) in [5, 5.41) is 3.48. The van der Waals surface area contributed by atoms with Crippen LogP contribution in [0.5, 0.6) is 5.75 Å². The Kier molecular flexibility index (Phi) is 6.04. The van der Waals surface area contributed by atoms with Crippen LogP contribution in [-0.4, -0.2) is 30.6 Å². The molecule has 3 aromatic rings. The van der Waals surface area contributed by atoms with Gasteiger partial charge in [0.1, 0.15) is 5.75 Å². The molecular weight excluding hydrogens is 427 g/mol. The van der Waals surface area contributed by atoms with E-state index in [4.69, 9.17) is 4.74 Å². The Labute approximate surface area is 181 Å². The van der Waals surface area contributed by atoms with E-state index in [0.29, 0.717) is 19.6 Å². The first kappa shape index (κ1) is 21.4. The van der Waals surface area contributed by atoms with Gasteiger partial charge in [-0.2, -0.15) is 13.2 Å². The van der Waals surface area contributed by atoms with E-state index in [2.05, 4.69) is 15.2 Å². The van der Waals surface area contributed by atoms with Crippen LogP contribution in [0.2, 0.25) is 0 Å². The number of thiazole rings is 1. The van der Waals surface area contributed by atoms with Gasteiger partial charge in [-0.05, 0) is 56.2 Å². The summed E-state index contributed by atoms with van der Waals surface area (Å²) >= 11 is 1.54. The second kappa shape index (κ2) is 8.74. The Morgan fingerprint density at radius 3 is 2.90 bits per heavy atom. The second-order valence-electron chi connectivity index (χ2n) is 7.41. The van der Waals surface area contributed by atoms with Crippen molar-refractivity contribution in [3.05, 3.63) is 48.0 Å². The van der Waals surface area contributed by atoms with Gasteiger partial charge in [-0.15, -0.1) is 0 Å². The Hall–Kier alpha value is -2.81. The second-order valence-corrected chi connectivity index (χ2v) is 8.42. The molecule has 0 unspecified atom stereocenters. The summed E-state index contributed by atoms with van der Waals surface area (Å²) in [5.41, 5.74) is 0.246. The molecule has 164 valence electrons. The van der Waals surface area contributed by atoms with Crippen LogP contribution in [-0.2, 0) is 11.0 Å². The van der Waals surface area contributed by atoms with Crippen LogP contribution in [0.1, 0.15) is 25.3 Å². The van der Waals surface area contributed by atoms with Crippen LogP contribution < -0.4 is 15.0 Å². The number of halogens is 3. The van der Waals surface area contributed by atoms with Gasteiger partial charge < -0.3 is 15.0 Å². The Balaban J connectivity index is 1.46. The fourth-order valence-corrected chi connectivity index (χ4v) is 4.70. The van der Waals surface area contributed by atoms with E-state index in [1.807, 2.05) is 25.1 Å². The number of nitrogens with zero attached hydrogens (tertiary/aromatic N) is 2. The largest absolute Gasteiger partial charge is 0.494 e. The molecule has 1 saturated heterocycles. The fraction of sp³-hybridized carbons (Fsp3) is 0.364. The van der Waals surface area contributed by atoms with E-state index in [9.17, 15) is 18.0 Å². The van der Waals surface area contributed by atoms with Gasteiger partial charge in [-0.1, -0.05) is 17.4 Å². The summed E-state index contributed by atoms with van der Waals surface area (Å²) in [7, 11) is 0. The number of ether oxygens (including phenoxy) is 1. The molecule has 1 atom stereocenters. The van der Waals surface area contributed by atoms with Gasteiger partial charge in [-0.3, -0.25) is 4.79 Å². The van der Waals surface area contributed by atoms with Gasteiger partial charge in [0.25, 0.3) is 0 Å². The predicted octanol–water partition coefficient (Wildman–Crippen LogP) is 5.57. The standard InChI is InChI=1S/C22H22F3N3O2S/c1-2-30-17-8-9-18-19(12-17)31-21(27-18)28-10-4-5-14(13-28)20(29)26-16-7-3-6-15(11-16)22(23,24)25/h3,6-9,11-12,14H,2,4-5,10,13H2,1H3,(H,26,29)/t14-/m1/s1. The first-order valence-electron chi connectivity index (χ1n) is 10.1. The van der Waals surface area contributed by atoms with Crippen molar-refractivity contribution in [2.75, 3.05) is 29.9 Å². The fourth-order valence-electron chi connectivity index (χ4n) is 3.67. The van der Waals surface area contributed by atoms with Crippen molar-refractivity contribution in [2.45, 2.75) is 25.9 Å². The van der Waals surface area contributed by atoms with Crippen molar-refractivity contribution in [2.24, 2.45) is 5.92 Å². The summed E-state index contributed by atoms with van der Waals surface area (Å²) in [6, 6.07) is 10.5. The van der Waals surface area contributed by atoms with E-state index in [1.165, 1.54) is 12.1 Å². The number of carbonyl (C=O) groups excluding carboxylic acids is 1. The molecule has 1 aliphatic heterocycles. The molecule has 31 heavy (non-hydrogen) atoms. The van der Waals surface area contributed by atoms with Crippen LogP contribution in [0.3, 0.4) is 0 Å². The number of fused-ring (bicyclic) bond motifs is 1. The highest BCUT2D eigenvalue weighted by Gasteiger charge is 2.31. The molecule has 1 fully saturated rings. The number of nitrogens with one attached hydrogen (secondary N) is 1. The average molecular weight is 449 g/mol. The molecule has 0 spiro atoms. The lowest BCUT2D eigenvalue weighted by Crippen LogP contribution is -2.40. The lowest BCUT2D eigenvalue weighted by Gasteiger charge is -2.31. The topological polar surface area (TPSA) is 54.5 Å². The molecule has 1 N–H and O–H groups in total. The number of rotatable bonds is 5. The Morgan fingerprint density at radius 2 is 2.13 bits per heavy atom. The van der Waals surface area contributed by atoms with E-state index in [0.717, 1.165) is 46.2 Å². The lowest BCUT2D eigenvalue weighted by molar-refractivity contribution is -0.137. The van der Waals surface area contributed by atoms with Crippen LogP contribution in [0.15, 0.2) is 42.5 Å². The number of carbonyl (C=O) groups is 1. The highest BCUT2D eigenvalue weighted by atomic mass is 32.1. The van der Waals surface area contributed by atoms with Crippen molar-refractivity contribution >= 4 is 38.3 Å². The molecule has 0 aliphatic carbocycles. The summed E-state index contributed by atoms with van der Waals surface area (Å²) in [6.07, 6.45) is -2.96. The molecule has 1 aliphatic rings. The van der Waals surface area contributed by atoms with Crippen molar-refractivity contribution in [1.82, 2.24) is 4.98 Å². The number of anilines is 2. The molecule has 2 heterocycles. The SMILES string of the molecule is CCOc1ccc2nc(N3CCC[C@@H](C(=O)Nc4cccc(C(F)(F)F)c4)C3)sc2c1. The summed E-state index contributed by atoms with van der Waals surface area (Å²) < 4.78 is 45.3. The monoisotopic (exact) mass is 449 g/mol. The minimum absolute atomic E-state index is 0.153. The van der Waals surface area contributed by atoms with Crippen molar-refractivity contribution < 1.29 is 22.7 Å². The number of hydrogen-bond donors (Lipinski definition) is 1. The molecule has 1 aromatic heterocycles. The number of aromatic nitrogens is 1. The third kappa shape index (κ3) is 4.92. The van der Waals surface area contributed by atoms with E-state index < -0.39 is 11.7 Å². The molecule has 0 saturated carbocycles. The van der Waals surface area contributed by atoms with Gasteiger partial charge in [0.05, 0.1) is 28.3 Å². The molecular formula is C22H22F3N3O2S. The third-order valence-electron chi connectivity index (χ3n) is 5.18. The molecule has 5 nitrogen and oxygen atoms in total. The van der Waals surface area contributed by atoms with Crippen molar-refractivity contribution in [3.63, 3.8) is 0 Å². The zero-order valence-corrected chi connectivity index (χ0v) is 17.7. The summed E-state index contributed by atoms with van der Waals surface area (Å²) in [6.45, 7) is 3.78. The van der Waals surface area contributed by atoms with Gasteiger partial charge in [0.15, 0.2) is 5.13 Å². The summed E-state index contributed by atoms with van der Waals surface area (Å²) in [5.74, 6) is 0.195. The zero-order chi connectivity index (χ0) is 22.0. The van der Waals surface area contributed by atoms with Crippen LogP contribution in [0, 0.1) is 5.92 Å². The highest BCUT2D eigenvalue weighted by molar-refractivity contribution is 7.22. The van der Waals surface area contributed by atoms with Crippen LogP contribution >= 0.6 is 11.3 Å². The molecule has 1 amide bonds. The highest BCUT2D eigenvalue weighted by Crippen LogP contribution is 2.34. The van der Waals surface area contributed by atoms with Crippen LogP contribution in [0.25, 0.3) is 10.2 Å².